The Bertz CT molecular complexity index is 847. The predicted octanol–water partition coefficient (Wildman–Crippen LogP) is 2.44. The standard InChI is InChI=1S/C18H19N5O/c19-17(24)13-11-20-8-5-16(13)23-9-6-12(7-10-23)18-21-14-3-1-2-4-15(14)22-18/h1-5,8,11-12H,6-7,9-10H2,(H2,19,24)(H,21,22). The van der Waals surface area contributed by atoms with Crippen molar-refractivity contribution in [2.45, 2.75) is 18.8 Å². The Labute approximate surface area is 139 Å². The first-order valence-electron chi connectivity index (χ1n) is 8.16. The molecule has 0 saturated carbocycles. The number of nitrogens with one attached hydrogen (secondary N) is 1. The van der Waals surface area contributed by atoms with Crippen molar-refractivity contribution in [1.29, 1.82) is 0 Å². The van der Waals surface area contributed by atoms with Crippen molar-refractivity contribution in [1.82, 2.24) is 15.0 Å². The Morgan fingerprint density at radius 2 is 2.00 bits per heavy atom. The third-order valence-corrected chi connectivity index (χ3v) is 4.69. The quantitative estimate of drug-likeness (QED) is 0.775. The van der Waals surface area contributed by atoms with E-state index in [9.17, 15) is 4.79 Å². The van der Waals surface area contributed by atoms with E-state index in [-0.39, 0.29) is 0 Å². The molecular formula is C18H19N5O. The molecule has 1 amide bonds. The van der Waals surface area contributed by atoms with Gasteiger partial charge in [0.05, 0.1) is 22.3 Å². The van der Waals surface area contributed by atoms with Crippen molar-refractivity contribution in [2.75, 3.05) is 18.0 Å². The number of benzene rings is 1. The molecule has 0 atom stereocenters. The van der Waals surface area contributed by atoms with E-state index < -0.39 is 5.91 Å². The molecule has 6 nitrogen and oxygen atoms in total. The van der Waals surface area contributed by atoms with E-state index in [4.69, 9.17) is 10.7 Å². The summed E-state index contributed by atoms with van der Waals surface area (Å²) in [6.45, 7) is 1.73. The fraction of sp³-hybridized carbons (Fsp3) is 0.278. The van der Waals surface area contributed by atoms with E-state index in [2.05, 4.69) is 20.9 Å². The number of hydrogen-bond donors (Lipinski definition) is 2. The molecule has 1 saturated heterocycles. The fourth-order valence-corrected chi connectivity index (χ4v) is 3.41. The van der Waals surface area contributed by atoms with E-state index in [0.29, 0.717) is 11.5 Å². The molecule has 3 N–H and O–H groups in total. The first-order chi connectivity index (χ1) is 11.7. The van der Waals surface area contributed by atoms with Gasteiger partial charge in [-0.15, -0.1) is 0 Å². The molecule has 0 bridgehead atoms. The zero-order valence-electron chi connectivity index (χ0n) is 13.3. The molecule has 0 unspecified atom stereocenters. The highest BCUT2D eigenvalue weighted by molar-refractivity contribution is 5.98. The van der Waals surface area contributed by atoms with Crippen molar-refractivity contribution in [2.24, 2.45) is 5.73 Å². The second-order valence-corrected chi connectivity index (χ2v) is 6.16. The van der Waals surface area contributed by atoms with Crippen LogP contribution in [0.2, 0.25) is 0 Å². The van der Waals surface area contributed by atoms with Crippen molar-refractivity contribution in [3.05, 3.63) is 54.1 Å². The maximum Gasteiger partial charge on any atom is 0.252 e. The molecule has 2 aromatic heterocycles. The Kier molecular flexibility index (Phi) is 3.65. The molecule has 24 heavy (non-hydrogen) atoms. The van der Waals surface area contributed by atoms with Gasteiger partial charge in [0.2, 0.25) is 0 Å². The lowest BCUT2D eigenvalue weighted by atomic mass is 9.95. The molecule has 3 aromatic rings. The number of pyridine rings is 1. The maximum atomic E-state index is 11.6. The van der Waals surface area contributed by atoms with Gasteiger partial charge in [-0.1, -0.05) is 12.1 Å². The van der Waals surface area contributed by atoms with Gasteiger partial charge >= 0.3 is 0 Å². The maximum absolute atomic E-state index is 11.6. The molecular weight excluding hydrogens is 302 g/mol. The highest BCUT2D eigenvalue weighted by Crippen LogP contribution is 2.31. The molecule has 0 spiro atoms. The van der Waals surface area contributed by atoms with Crippen molar-refractivity contribution < 1.29 is 4.79 Å². The zero-order chi connectivity index (χ0) is 16.5. The lowest BCUT2D eigenvalue weighted by Crippen LogP contribution is -2.34. The highest BCUT2D eigenvalue weighted by Gasteiger charge is 2.25. The van der Waals surface area contributed by atoms with Crippen LogP contribution in [0.3, 0.4) is 0 Å². The van der Waals surface area contributed by atoms with Crippen LogP contribution in [0.5, 0.6) is 0 Å². The van der Waals surface area contributed by atoms with E-state index >= 15 is 0 Å². The molecule has 1 aliphatic heterocycles. The topological polar surface area (TPSA) is 87.9 Å². The Morgan fingerprint density at radius 3 is 2.75 bits per heavy atom. The Balaban J connectivity index is 1.52. The van der Waals surface area contributed by atoms with Gasteiger partial charge in [0.25, 0.3) is 5.91 Å². The van der Waals surface area contributed by atoms with E-state index in [0.717, 1.165) is 48.5 Å². The number of aromatic amines is 1. The molecule has 122 valence electrons. The summed E-state index contributed by atoms with van der Waals surface area (Å²) in [6.07, 6.45) is 5.22. The van der Waals surface area contributed by atoms with Gasteiger partial charge in [-0.05, 0) is 31.0 Å². The van der Waals surface area contributed by atoms with Crippen LogP contribution in [0.15, 0.2) is 42.7 Å². The first kappa shape index (κ1) is 14.7. The number of carbonyl (C=O) groups excluding carboxylic acids is 1. The summed E-state index contributed by atoms with van der Waals surface area (Å²) in [6, 6.07) is 9.96. The summed E-state index contributed by atoms with van der Waals surface area (Å²) >= 11 is 0. The summed E-state index contributed by atoms with van der Waals surface area (Å²) in [5, 5.41) is 0. The average molecular weight is 321 g/mol. The second-order valence-electron chi connectivity index (χ2n) is 6.16. The third-order valence-electron chi connectivity index (χ3n) is 4.69. The number of H-pyrrole nitrogens is 1. The van der Waals surface area contributed by atoms with Gasteiger partial charge in [-0.3, -0.25) is 9.78 Å². The predicted molar refractivity (Wildman–Crippen MR) is 93.0 cm³/mol. The number of carbonyl (C=O) groups is 1. The lowest BCUT2D eigenvalue weighted by Gasteiger charge is -2.33. The van der Waals surface area contributed by atoms with E-state index in [1.54, 1.807) is 12.4 Å². The number of amides is 1. The minimum atomic E-state index is -0.433. The molecule has 6 heteroatoms. The van der Waals surface area contributed by atoms with Gasteiger partial charge in [0.15, 0.2) is 0 Å². The number of aromatic nitrogens is 3. The smallest absolute Gasteiger partial charge is 0.252 e. The number of hydrogen-bond acceptors (Lipinski definition) is 4. The van der Waals surface area contributed by atoms with Crippen LogP contribution in [0.1, 0.15) is 34.9 Å². The minimum Gasteiger partial charge on any atom is -0.371 e. The van der Waals surface area contributed by atoms with Gasteiger partial charge < -0.3 is 15.6 Å². The molecule has 1 fully saturated rings. The minimum absolute atomic E-state index is 0.410. The number of piperidine rings is 1. The summed E-state index contributed by atoms with van der Waals surface area (Å²) in [4.78, 5) is 26.0. The second kappa shape index (κ2) is 5.96. The summed E-state index contributed by atoms with van der Waals surface area (Å²) < 4.78 is 0. The Morgan fingerprint density at radius 1 is 1.21 bits per heavy atom. The lowest BCUT2D eigenvalue weighted by molar-refractivity contribution is 0.100. The fourth-order valence-electron chi connectivity index (χ4n) is 3.41. The van der Waals surface area contributed by atoms with Crippen LogP contribution in [-0.2, 0) is 0 Å². The number of anilines is 1. The number of fused-ring (bicyclic) bond motifs is 1. The van der Waals surface area contributed by atoms with Gasteiger partial charge in [-0.2, -0.15) is 0 Å². The van der Waals surface area contributed by atoms with E-state index in [1.807, 2.05) is 24.3 Å². The Hall–Kier alpha value is -2.89. The van der Waals surface area contributed by atoms with Gasteiger partial charge in [0.1, 0.15) is 5.82 Å². The van der Waals surface area contributed by atoms with Crippen LogP contribution < -0.4 is 10.6 Å². The zero-order valence-corrected chi connectivity index (χ0v) is 13.3. The van der Waals surface area contributed by atoms with Crippen LogP contribution in [0, 0.1) is 0 Å². The highest BCUT2D eigenvalue weighted by atomic mass is 16.1. The van der Waals surface area contributed by atoms with Crippen molar-refractivity contribution in [3.63, 3.8) is 0 Å². The van der Waals surface area contributed by atoms with Gasteiger partial charge in [-0.25, -0.2) is 4.98 Å². The number of primary amides is 1. The number of para-hydroxylation sites is 2. The normalized spacial score (nSPS) is 15.8. The first-order valence-corrected chi connectivity index (χ1v) is 8.16. The third kappa shape index (κ3) is 2.60. The average Bonchev–Trinajstić information content (AvgIpc) is 3.06. The molecule has 1 aliphatic rings. The number of rotatable bonds is 3. The summed E-state index contributed by atoms with van der Waals surface area (Å²) in [5.74, 6) is 1.03. The molecule has 1 aromatic carbocycles. The van der Waals surface area contributed by atoms with Gasteiger partial charge in [0, 0.05) is 31.4 Å². The van der Waals surface area contributed by atoms with Crippen molar-refractivity contribution in [3.8, 4) is 0 Å². The summed E-state index contributed by atoms with van der Waals surface area (Å²) in [5.41, 5.74) is 8.92. The van der Waals surface area contributed by atoms with E-state index in [1.165, 1.54) is 0 Å². The molecule has 0 radical (unpaired) electrons. The number of nitrogens with zero attached hydrogens (tertiary/aromatic N) is 3. The van der Waals surface area contributed by atoms with Crippen LogP contribution >= 0.6 is 0 Å². The number of nitrogens with two attached hydrogens (primary N) is 1. The summed E-state index contributed by atoms with van der Waals surface area (Å²) in [7, 11) is 0. The monoisotopic (exact) mass is 321 g/mol. The SMILES string of the molecule is NC(=O)c1cnccc1N1CCC(c2nc3ccccc3[nH]2)CC1. The molecule has 0 aliphatic carbocycles. The van der Waals surface area contributed by atoms with Crippen LogP contribution in [0.4, 0.5) is 5.69 Å². The largest absolute Gasteiger partial charge is 0.371 e. The van der Waals surface area contributed by atoms with Crippen molar-refractivity contribution >= 4 is 22.6 Å². The number of imidazole rings is 1. The van der Waals surface area contributed by atoms with Crippen LogP contribution in [-0.4, -0.2) is 33.9 Å². The molecule has 3 heterocycles. The molecule has 4 rings (SSSR count). The van der Waals surface area contributed by atoms with Crippen LogP contribution in [0.25, 0.3) is 11.0 Å².